The highest BCUT2D eigenvalue weighted by molar-refractivity contribution is 7.80. The van der Waals surface area contributed by atoms with Crippen molar-refractivity contribution in [2.45, 2.75) is 6.10 Å². The van der Waals surface area contributed by atoms with Crippen LogP contribution in [0.2, 0.25) is 0 Å². The summed E-state index contributed by atoms with van der Waals surface area (Å²) < 4.78 is 4.62. The monoisotopic (exact) mass is 151 g/mol. The van der Waals surface area contributed by atoms with Crippen molar-refractivity contribution in [3.05, 3.63) is 24.3 Å². The second kappa shape index (κ2) is 3.14. The topological polar surface area (TPSA) is 33.0 Å². The molecule has 0 aromatic carbocycles. The Balaban J connectivity index is 2.63. The van der Waals surface area contributed by atoms with Crippen LogP contribution in [0.4, 0.5) is 0 Å². The Morgan fingerprint density at radius 3 is 3.00 bits per heavy atom. The van der Waals surface area contributed by atoms with Gasteiger partial charge >= 0.3 is 0 Å². The van der Waals surface area contributed by atoms with Gasteiger partial charge in [-0.3, -0.25) is 0 Å². The fraction of sp³-hybridized carbons (Fsp3) is 0.143. The molecule has 0 aromatic rings. The Hall–Kier alpha value is -1.14. The maximum atomic E-state index is 8.15. The van der Waals surface area contributed by atoms with Crippen LogP contribution in [0.15, 0.2) is 24.3 Å². The van der Waals surface area contributed by atoms with Crippen molar-refractivity contribution in [1.82, 2.24) is 0 Å². The van der Waals surface area contributed by atoms with Crippen molar-refractivity contribution in [3.8, 4) is 6.26 Å². The Labute approximate surface area is 64.4 Å². The van der Waals surface area contributed by atoms with Gasteiger partial charge in [0.25, 0.3) is 6.26 Å². The summed E-state index contributed by atoms with van der Waals surface area (Å²) in [6.45, 7) is 0. The van der Waals surface area contributed by atoms with Gasteiger partial charge in [0.2, 0.25) is 0 Å². The van der Waals surface area contributed by atoms with E-state index in [0.717, 1.165) is 0 Å². The van der Waals surface area contributed by atoms with Gasteiger partial charge in [-0.25, -0.2) is 0 Å². The van der Waals surface area contributed by atoms with Crippen LogP contribution >= 0.6 is 12.2 Å². The van der Waals surface area contributed by atoms with Gasteiger partial charge in [0.1, 0.15) is 0 Å². The van der Waals surface area contributed by atoms with E-state index in [1.165, 1.54) is 0 Å². The molecule has 0 saturated heterocycles. The van der Waals surface area contributed by atoms with Crippen LogP contribution in [0, 0.1) is 11.5 Å². The summed E-state index contributed by atoms with van der Waals surface area (Å²) >= 11 is 4.88. The van der Waals surface area contributed by atoms with Crippen LogP contribution in [-0.4, -0.2) is 11.0 Å². The van der Waals surface area contributed by atoms with Crippen LogP contribution < -0.4 is 0 Å². The molecule has 50 valence electrons. The molecule has 1 aliphatic carbocycles. The van der Waals surface area contributed by atoms with Gasteiger partial charge in [0.15, 0.2) is 6.10 Å². The summed E-state index contributed by atoms with van der Waals surface area (Å²) in [6.07, 6.45) is 8.38. The van der Waals surface area contributed by atoms with Gasteiger partial charge in [-0.05, 0) is 12.2 Å². The molecule has 0 aromatic heterocycles. The highest BCUT2D eigenvalue weighted by atomic mass is 32.1. The van der Waals surface area contributed by atoms with E-state index in [-0.39, 0.29) is 6.10 Å². The minimum absolute atomic E-state index is 0.329. The first-order valence-corrected chi connectivity index (χ1v) is 3.19. The normalized spacial score (nSPS) is 22.3. The zero-order valence-corrected chi connectivity index (χ0v) is 5.97. The average molecular weight is 151 g/mol. The van der Waals surface area contributed by atoms with Crippen molar-refractivity contribution in [2.75, 3.05) is 0 Å². The van der Waals surface area contributed by atoms with Gasteiger partial charge in [-0.2, -0.15) is 5.26 Å². The molecule has 0 aliphatic heterocycles. The maximum absolute atomic E-state index is 8.15. The van der Waals surface area contributed by atoms with Gasteiger partial charge in [-0.1, -0.05) is 24.4 Å². The van der Waals surface area contributed by atoms with Crippen LogP contribution in [-0.2, 0) is 4.74 Å². The summed E-state index contributed by atoms with van der Waals surface area (Å²) in [5.41, 5.74) is 0. The molecule has 0 N–H and O–H groups in total. The first-order valence-electron chi connectivity index (χ1n) is 2.78. The molecule has 0 radical (unpaired) electrons. The quantitative estimate of drug-likeness (QED) is 0.419. The SMILES string of the molecule is N#COC1C=CC=CC1=S. The van der Waals surface area contributed by atoms with Crippen molar-refractivity contribution < 1.29 is 4.74 Å². The van der Waals surface area contributed by atoms with Crippen molar-refractivity contribution >= 4 is 17.1 Å². The Kier molecular flexibility index (Phi) is 2.19. The van der Waals surface area contributed by atoms with Gasteiger partial charge in [0, 0.05) is 0 Å². The molecule has 3 heteroatoms. The van der Waals surface area contributed by atoms with Crippen LogP contribution in [0.25, 0.3) is 0 Å². The van der Waals surface area contributed by atoms with E-state index in [4.69, 9.17) is 17.5 Å². The molecule has 10 heavy (non-hydrogen) atoms. The average Bonchev–Trinajstić information content (AvgIpc) is 1.94. The van der Waals surface area contributed by atoms with Crippen LogP contribution in [0.1, 0.15) is 0 Å². The highest BCUT2D eigenvalue weighted by Crippen LogP contribution is 2.04. The molecule has 1 rings (SSSR count). The molecule has 0 bridgehead atoms. The van der Waals surface area contributed by atoms with Gasteiger partial charge < -0.3 is 4.74 Å². The number of nitrogens with zero attached hydrogens (tertiary/aromatic N) is 1. The van der Waals surface area contributed by atoms with Crippen molar-refractivity contribution in [1.29, 1.82) is 5.26 Å². The summed E-state index contributed by atoms with van der Waals surface area (Å²) in [5.74, 6) is 0. The number of ether oxygens (including phenoxy) is 1. The fourth-order valence-electron chi connectivity index (χ4n) is 0.659. The Morgan fingerprint density at radius 2 is 2.40 bits per heavy atom. The molecule has 1 unspecified atom stereocenters. The maximum Gasteiger partial charge on any atom is 0.287 e. The molecule has 1 atom stereocenters. The third-order valence-corrected chi connectivity index (χ3v) is 1.49. The van der Waals surface area contributed by atoms with Crippen LogP contribution in [0.3, 0.4) is 0 Å². The first kappa shape index (κ1) is 6.97. The molecular formula is C7H5NOS. The number of hydrogen-bond donors (Lipinski definition) is 0. The van der Waals surface area contributed by atoms with Crippen LogP contribution in [0.5, 0.6) is 0 Å². The molecule has 0 spiro atoms. The number of nitriles is 1. The molecule has 2 nitrogen and oxygen atoms in total. The predicted octanol–water partition coefficient (Wildman–Crippen LogP) is 1.35. The van der Waals surface area contributed by atoms with E-state index >= 15 is 0 Å². The second-order valence-corrected chi connectivity index (χ2v) is 2.25. The summed E-state index contributed by atoms with van der Waals surface area (Å²) in [4.78, 5) is 0.643. The standard InChI is InChI=1S/C7H5NOS/c8-5-9-6-3-1-2-4-7(6)10/h1-4,6H. The van der Waals surface area contributed by atoms with E-state index in [1.54, 1.807) is 24.5 Å². The minimum Gasteiger partial charge on any atom is -0.414 e. The second-order valence-electron chi connectivity index (χ2n) is 1.78. The molecule has 0 saturated carbocycles. The fourth-order valence-corrected chi connectivity index (χ4v) is 0.865. The van der Waals surface area contributed by atoms with E-state index in [1.807, 2.05) is 6.08 Å². The number of thiocarbonyl (C=S) groups is 1. The Morgan fingerprint density at radius 1 is 1.60 bits per heavy atom. The molecule has 0 fully saturated rings. The minimum atomic E-state index is -0.329. The van der Waals surface area contributed by atoms with E-state index in [0.29, 0.717) is 4.86 Å². The molecule has 0 heterocycles. The van der Waals surface area contributed by atoms with Crippen molar-refractivity contribution in [2.24, 2.45) is 0 Å². The van der Waals surface area contributed by atoms with E-state index in [9.17, 15) is 0 Å². The molecule has 0 amide bonds. The summed E-state index contributed by atoms with van der Waals surface area (Å²) in [5, 5.41) is 8.15. The van der Waals surface area contributed by atoms with E-state index < -0.39 is 0 Å². The summed E-state index contributed by atoms with van der Waals surface area (Å²) in [7, 11) is 0. The third kappa shape index (κ3) is 1.42. The Bertz CT molecular complexity index is 236. The smallest absolute Gasteiger partial charge is 0.287 e. The lowest BCUT2D eigenvalue weighted by molar-refractivity contribution is 0.267. The highest BCUT2D eigenvalue weighted by Gasteiger charge is 2.10. The lowest BCUT2D eigenvalue weighted by Gasteiger charge is -2.09. The number of hydrogen-bond acceptors (Lipinski definition) is 3. The molecular weight excluding hydrogens is 146 g/mol. The lowest BCUT2D eigenvalue weighted by atomic mass is 10.1. The molecule has 1 aliphatic rings. The summed E-state index contributed by atoms with van der Waals surface area (Å²) in [6, 6.07) is 0. The predicted molar refractivity (Wildman–Crippen MR) is 41.4 cm³/mol. The number of allylic oxidation sites excluding steroid dienone is 2. The first-order chi connectivity index (χ1) is 4.84. The zero-order chi connectivity index (χ0) is 7.40. The van der Waals surface area contributed by atoms with E-state index in [2.05, 4.69) is 4.74 Å². The lowest BCUT2D eigenvalue weighted by Crippen LogP contribution is -2.17. The van der Waals surface area contributed by atoms with Gasteiger partial charge in [-0.15, -0.1) is 0 Å². The largest absolute Gasteiger partial charge is 0.414 e. The zero-order valence-electron chi connectivity index (χ0n) is 5.15. The van der Waals surface area contributed by atoms with Gasteiger partial charge in [0.05, 0.1) is 4.86 Å². The number of rotatable bonds is 1. The third-order valence-electron chi connectivity index (χ3n) is 1.12. The van der Waals surface area contributed by atoms with Crippen molar-refractivity contribution in [3.63, 3.8) is 0 Å².